The molecule has 24 heavy (non-hydrogen) atoms. The van der Waals surface area contributed by atoms with Crippen molar-refractivity contribution in [3.05, 3.63) is 69.8 Å². The number of benzene rings is 2. The molecule has 0 radical (unpaired) electrons. The van der Waals surface area contributed by atoms with Crippen molar-refractivity contribution in [2.45, 2.75) is 6.61 Å². The molecule has 8 heteroatoms. The Labute approximate surface area is 146 Å². The molecule has 0 unspecified atom stereocenters. The van der Waals surface area contributed by atoms with Gasteiger partial charge in [0.15, 0.2) is 6.61 Å². The lowest BCUT2D eigenvalue weighted by atomic mass is 10.2. The molecule has 0 saturated heterocycles. The average Bonchev–Trinajstić information content (AvgIpc) is 3.05. The van der Waals surface area contributed by atoms with Crippen LogP contribution in [-0.4, -0.2) is 16.1 Å². The number of nitrogens with zero attached hydrogens (tertiary/aromatic N) is 2. The number of halogens is 3. The minimum Gasteiger partial charge on any atom is -0.452 e. The van der Waals surface area contributed by atoms with Gasteiger partial charge in [0.05, 0.1) is 15.6 Å². The van der Waals surface area contributed by atoms with E-state index in [0.717, 1.165) is 0 Å². The first kappa shape index (κ1) is 16.4. The van der Waals surface area contributed by atoms with Crippen LogP contribution in [0.4, 0.5) is 4.39 Å². The number of aromatic nitrogens is 2. The Balaban J connectivity index is 1.68. The Morgan fingerprint density at radius 2 is 1.92 bits per heavy atom. The first-order valence-corrected chi connectivity index (χ1v) is 7.50. The van der Waals surface area contributed by atoms with Gasteiger partial charge in [0, 0.05) is 5.56 Å². The molecule has 0 atom stereocenters. The highest BCUT2D eigenvalue weighted by Crippen LogP contribution is 2.26. The Morgan fingerprint density at radius 3 is 2.67 bits per heavy atom. The third kappa shape index (κ3) is 3.55. The minimum atomic E-state index is -0.663. The molecule has 0 bridgehead atoms. The number of esters is 1. The molecule has 3 aromatic rings. The summed E-state index contributed by atoms with van der Waals surface area (Å²) in [5.74, 6) is -0.665. The van der Waals surface area contributed by atoms with Gasteiger partial charge in [-0.15, -0.1) is 0 Å². The van der Waals surface area contributed by atoms with Crippen molar-refractivity contribution in [2.75, 3.05) is 0 Å². The fourth-order valence-corrected chi connectivity index (χ4v) is 2.27. The van der Waals surface area contributed by atoms with Crippen LogP contribution in [0.25, 0.3) is 11.4 Å². The lowest BCUT2D eigenvalue weighted by Gasteiger charge is -2.04. The molecular formula is C16H9Cl2FN2O3. The second kappa shape index (κ2) is 6.98. The summed E-state index contributed by atoms with van der Waals surface area (Å²) in [4.78, 5) is 16.1. The summed E-state index contributed by atoms with van der Waals surface area (Å²) in [5, 5.41) is 4.12. The maximum absolute atomic E-state index is 12.9. The van der Waals surface area contributed by atoms with Gasteiger partial charge in [0.25, 0.3) is 5.89 Å². The van der Waals surface area contributed by atoms with E-state index in [2.05, 4.69) is 10.1 Å². The SMILES string of the molecule is O=C(OCc1nc(-c2ccc(F)cc2)no1)c1cccc(Cl)c1Cl. The summed E-state index contributed by atoms with van der Waals surface area (Å²) in [6, 6.07) is 10.2. The number of ether oxygens (including phenoxy) is 1. The van der Waals surface area contributed by atoms with E-state index in [4.69, 9.17) is 32.5 Å². The van der Waals surface area contributed by atoms with Crippen LogP contribution in [0.3, 0.4) is 0 Å². The predicted molar refractivity (Wildman–Crippen MR) is 85.3 cm³/mol. The van der Waals surface area contributed by atoms with E-state index in [0.29, 0.717) is 5.56 Å². The van der Waals surface area contributed by atoms with Gasteiger partial charge in [-0.25, -0.2) is 9.18 Å². The van der Waals surface area contributed by atoms with E-state index in [9.17, 15) is 9.18 Å². The van der Waals surface area contributed by atoms with Crippen molar-refractivity contribution >= 4 is 29.2 Å². The molecule has 0 aliphatic heterocycles. The van der Waals surface area contributed by atoms with E-state index in [1.807, 2.05) is 0 Å². The molecule has 122 valence electrons. The molecular weight excluding hydrogens is 358 g/mol. The van der Waals surface area contributed by atoms with Crippen LogP contribution in [0.1, 0.15) is 16.2 Å². The van der Waals surface area contributed by atoms with Gasteiger partial charge >= 0.3 is 5.97 Å². The predicted octanol–water partition coefficient (Wildman–Crippen LogP) is 4.54. The maximum atomic E-state index is 12.9. The van der Waals surface area contributed by atoms with Gasteiger partial charge in [-0.2, -0.15) is 4.98 Å². The van der Waals surface area contributed by atoms with Crippen LogP contribution < -0.4 is 0 Å². The zero-order valence-electron chi connectivity index (χ0n) is 12.0. The van der Waals surface area contributed by atoms with Gasteiger partial charge in [-0.05, 0) is 36.4 Å². The number of rotatable bonds is 4. The molecule has 1 aromatic heterocycles. The molecule has 0 aliphatic rings. The van der Waals surface area contributed by atoms with Crippen LogP contribution in [-0.2, 0) is 11.3 Å². The third-order valence-corrected chi connectivity index (χ3v) is 3.89. The smallest absolute Gasteiger partial charge is 0.340 e. The van der Waals surface area contributed by atoms with Gasteiger partial charge in [0.1, 0.15) is 5.82 Å². The van der Waals surface area contributed by atoms with Crippen LogP contribution in [0.5, 0.6) is 0 Å². The lowest BCUT2D eigenvalue weighted by molar-refractivity contribution is 0.0430. The summed E-state index contributed by atoms with van der Waals surface area (Å²) < 4.78 is 23.0. The fraction of sp³-hybridized carbons (Fsp3) is 0.0625. The summed E-state index contributed by atoms with van der Waals surface area (Å²) in [6.45, 7) is -0.226. The molecule has 1 heterocycles. The van der Waals surface area contributed by atoms with Crippen molar-refractivity contribution in [3.63, 3.8) is 0 Å². The standard InChI is InChI=1S/C16H9Cl2FN2O3/c17-12-3-1-2-11(14(12)18)16(22)23-8-13-20-15(21-24-13)9-4-6-10(19)7-5-9/h1-7H,8H2. The summed E-state index contributed by atoms with van der Waals surface area (Å²) in [7, 11) is 0. The van der Waals surface area contributed by atoms with E-state index >= 15 is 0 Å². The normalized spacial score (nSPS) is 10.6. The van der Waals surface area contributed by atoms with E-state index in [-0.39, 0.29) is 39.7 Å². The highest BCUT2D eigenvalue weighted by Gasteiger charge is 2.16. The molecule has 0 amide bonds. The molecule has 0 spiro atoms. The highest BCUT2D eigenvalue weighted by molar-refractivity contribution is 6.43. The van der Waals surface area contributed by atoms with E-state index in [1.54, 1.807) is 12.1 Å². The average molecular weight is 367 g/mol. The number of hydrogen-bond acceptors (Lipinski definition) is 5. The van der Waals surface area contributed by atoms with Crippen molar-refractivity contribution in [1.82, 2.24) is 10.1 Å². The molecule has 2 aromatic carbocycles. The number of carbonyl (C=O) groups is 1. The second-order valence-electron chi connectivity index (χ2n) is 4.70. The molecule has 0 N–H and O–H groups in total. The largest absolute Gasteiger partial charge is 0.452 e. The van der Waals surface area contributed by atoms with Gasteiger partial charge in [-0.3, -0.25) is 0 Å². The Hall–Kier alpha value is -2.44. The van der Waals surface area contributed by atoms with Crippen molar-refractivity contribution in [1.29, 1.82) is 0 Å². The third-order valence-electron chi connectivity index (χ3n) is 3.07. The summed E-state index contributed by atoms with van der Waals surface area (Å²) in [5.41, 5.74) is 0.720. The van der Waals surface area contributed by atoms with Gasteiger partial charge in [-0.1, -0.05) is 34.4 Å². The van der Waals surface area contributed by atoms with Gasteiger partial charge in [0.2, 0.25) is 5.82 Å². The van der Waals surface area contributed by atoms with Crippen LogP contribution in [0.15, 0.2) is 47.0 Å². The Bertz CT molecular complexity index is 881. The fourth-order valence-electron chi connectivity index (χ4n) is 1.90. The lowest BCUT2D eigenvalue weighted by Crippen LogP contribution is -2.06. The second-order valence-corrected chi connectivity index (χ2v) is 5.48. The topological polar surface area (TPSA) is 65.2 Å². The summed E-state index contributed by atoms with van der Waals surface area (Å²) >= 11 is 11.8. The monoisotopic (exact) mass is 366 g/mol. The molecule has 0 saturated carbocycles. The van der Waals surface area contributed by atoms with Crippen molar-refractivity contribution in [2.24, 2.45) is 0 Å². The molecule has 3 rings (SSSR count). The first-order chi connectivity index (χ1) is 11.5. The van der Waals surface area contributed by atoms with Crippen LogP contribution >= 0.6 is 23.2 Å². The zero-order chi connectivity index (χ0) is 17.1. The minimum absolute atomic E-state index is 0.0980. The number of carbonyl (C=O) groups excluding carboxylic acids is 1. The maximum Gasteiger partial charge on any atom is 0.340 e. The highest BCUT2D eigenvalue weighted by atomic mass is 35.5. The van der Waals surface area contributed by atoms with Gasteiger partial charge < -0.3 is 9.26 Å². The Kier molecular flexibility index (Phi) is 4.78. The van der Waals surface area contributed by atoms with E-state index < -0.39 is 5.97 Å². The number of hydrogen-bond donors (Lipinski definition) is 0. The van der Waals surface area contributed by atoms with Crippen molar-refractivity contribution < 1.29 is 18.4 Å². The Morgan fingerprint density at radius 1 is 1.17 bits per heavy atom. The van der Waals surface area contributed by atoms with Crippen LogP contribution in [0, 0.1) is 5.82 Å². The molecule has 0 aliphatic carbocycles. The molecule has 0 fully saturated rings. The first-order valence-electron chi connectivity index (χ1n) is 6.74. The van der Waals surface area contributed by atoms with Crippen molar-refractivity contribution in [3.8, 4) is 11.4 Å². The summed E-state index contributed by atoms with van der Waals surface area (Å²) in [6.07, 6.45) is 0. The quantitative estimate of drug-likeness (QED) is 0.634. The zero-order valence-corrected chi connectivity index (χ0v) is 13.5. The van der Waals surface area contributed by atoms with Crippen LogP contribution in [0.2, 0.25) is 10.0 Å². The van der Waals surface area contributed by atoms with E-state index in [1.165, 1.54) is 30.3 Å². The molecule has 5 nitrogen and oxygen atoms in total.